The lowest BCUT2D eigenvalue weighted by atomic mass is 9.99. The number of rotatable bonds is 5. The van der Waals surface area contributed by atoms with Gasteiger partial charge >= 0.3 is 5.97 Å². The fourth-order valence-corrected chi connectivity index (χ4v) is 3.36. The second kappa shape index (κ2) is 8.36. The average molecular weight is 411 g/mol. The summed E-state index contributed by atoms with van der Waals surface area (Å²) < 4.78 is 0. The number of anilines is 1. The van der Waals surface area contributed by atoms with Crippen LogP contribution in [0.4, 0.5) is 5.82 Å². The van der Waals surface area contributed by atoms with E-state index in [1.807, 2.05) is 24.3 Å². The second-order valence-corrected chi connectivity index (χ2v) is 7.54. The molecule has 2 heterocycles. The van der Waals surface area contributed by atoms with E-state index < -0.39 is 5.97 Å². The van der Waals surface area contributed by atoms with Crippen LogP contribution in [-0.2, 0) is 0 Å². The Morgan fingerprint density at radius 3 is 2.45 bits per heavy atom. The summed E-state index contributed by atoms with van der Waals surface area (Å²) in [6.07, 6.45) is 1.66. The first-order valence-electron chi connectivity index (χ1n) is 9.93. The number of hydrogen-bond acceptors (Lipinski definition) is 4. The van der Waals surface area contributed by atoms with Crippen LogP contribution in [0.5, 0.6) is 0 Å². The maximum Gasteiger partial charge on any atom is 0.335 e. The average Bonchev–Trinajstić information content (AvgIpc) is 2.78. The highest BCUT2D eigenvalue weighted by Crippen LogP contribution is 2.25. The molecule has 6 nitrogen and oxygen atoms in total. The van der Waals surface area contributed by atoms with Crippen LogP contribution < -0.4 is 5.32 Å². The van der Waals surface area contributed by atoms with Crippen LogP contribution in [-0.4, -0.2) is 27.0 Å². The molecule has 0 unspecified atom stereocenters. The predicted octanol–water partition coefficient (Wildman–Crippen LogP) is 5.37. The number of amides is 1. The Balaban J connectivity index is 1.62. The van der Waals surface area contributed by atoms with Crippen molar-refractivity contribution in [2.24, 2.45) is 0 Å². The van der Waals surface area contributed by atoms with Crippen LogP contribution in [0.3, 0.4) is 0 Å². The lowest BCUT2D eigenvalue weighted by Gasteiger charge is -2.11. The smallest absolute Gasteiger partial charge is 0.335 e. The van der Waals surface area contributed by atoms with Crippen molar-refractivity contribution in [3.8, 4) is 11.3 Å². The lowest BCUT2D eigenvalue weighted by Crippen LogP contribution is -2.14. The highest BCUT2D eigenvalue weighted by atomic mass is 16.4. The zero-order chi connectivity index (χ0) is 22.0. The third-order valence-corrected chi connectivity index (χ3v) is 5.08. The molecule has 4 aromatic rings. The van der Waals surface area contributed by atoms with Crippen molar-refractivity contribution in [2.45, 2.75) is 19.8 Å². The summed E-state index contributed by atoms with van der Waals surface area (Å²) in [5.41, 5.74) is 3.91. The maximum absolute atomic E-state index is 13.0. The third kappa shape index (κ3) is 4.28. The van der Waals surface area contributed by atoms with Gasteiger partial charge in [0.2, 0.25) is 0 Å². The summed E-state index contributed by atoms with van der Waals surface area (Å²) in [7, 11) is 0. The van der Waals surface area contributed by atoms with E-state index in [2.05, 4.69) is 29.1 Å². The monoisotopic (exact) mass is 411 g/mol. The molecule has 0 radical (unpaired) electrons. The number of nitrogens with zero attached hydrogens (tertiary/aromatic N) is 2. The third-order valence-electron chi connectivity index (χ3n) is 5.08. The van der Waals surface area contributed by atoms with Gasteiger partial charge in [0.25, 0.3) is 5.91 Å². The summed E-state index contributed by atoms with van der Waals surface area (Å²) in [5.74, 6) is -0.508. The summed E-state index contributed by atoms with van der Waals surface area (Å²) in [6.45, 7) is 4.27. The van der Waals surface area contributed by atoms with Crippen molar-refractivity contribution in [1.82, 2.24) is 9.97 Å². The molecule has 154 valence electrons. The topological polar surface area (TPSA) is 92.2 Å². The maximum atomic E-state index is 13.0. The highest BCUT2D eigenvalue weighted by molar-refractivity contribution is 6.08. The number of hydrogen-bond donors (Lipinski definition) is 2. The normalized spacial score (nSPS) is 10.9. The van der Waals surface area contributed by atoms with Gasteiger partial charge in [0.05, 0.1) is 22.3 Å². The van der Waals surface area contributed by atoms with Gasteiger partial charge in [-0.2, -0.15) is 0 Å². The van der Waals surface area contributed by atoms with Gasteiger partial charge in [0, 0.05) is 17.1 Å². The molecule has 31 heavy (non-hydrogen) atoms. The van der Waals surface area contributed by atoms with Gasteiger partial charge in [-0.15, -0.1) is 0 Å². The SMILES string of the molecule is CC(C)c1ccc(-c2ncccc2C(=O)Nc2ccc3cc(C(=O)O)ccc3n2)cc1. The van der Waals surface area contributed by atoms with Gasteiger partial charge in [-0.3, -0.25) is 9.78 Å². The minimum absolute atomic E-state index is 0.189. The van der Waals surface area contributed by atoms with Gasteiger partial charge in [-0.05, 0) is 53.9 Å². The number of aromatic carboxylic acids is 1. The van der Waals surface area contributed by atoms with Gasteiger partial charge in [0.1, 0.15) is 5.82 Å². The molecule has 6 heteroatoms. The Morgan fingerprint density at radius 1 is 0.968 bits per heavy atom. The van der Waals surface area contributed by atoms with Crippen LogP contribution >= 0.6 is 0 Å². The van der Waals surface area contributed by atoms with Crippen LogP contribution in [0.1, 0.15) is 46.0 Å². The van der Waals surface area contributed by atoms with E-state index in [1.165, 1.54) is 11.6 Å². The van der Waals surface area contributed by atoms with Gasteiger partial charge < -0.3 is 10.4 Å². The summed E-state index contributed by atoms with van der Waals surface area (Å²) in [6, 6.07) is 19.6. The molecule has 0 saturated carbocycles. The molecule has 0 bridgehead atoms. The van der Waals surface area contributed by atoms with Gasteiger partial charge in [-0.25, -0.2) is 9.78 Å². The fourth-order valence-electron chi connectivity index (χ4n) is 3.36. The molecule has 0 aliphatic rings. The zero-order valence-corrected chi connectivity index (χ0v) is 17.2. The van der Waals surface area contributed by atoms with E-state index >= 15 is 0 Å². The molecule has 0 spiro atoms. The molecule has 2 aromatic heterocycles. The summed E-state index contributed by atoms with van der Waals surface area (Å²) in [4.78, 5) is 33.0. The van der Waals surface area contributed by atoms with Crippen molar-refractivity contribution in [3.63, 3.8) is 0 Å². The van der Waals surface area contributed by atoms with Crippen molar-refractivity contribution in [1.29, 1.82) is 0 Å². The number of carboxylic acid groups (broad SMARTS) is 1. The number of nitrogens with one attached hydrogen (secondary N) is 1. The van der Waals surface area contributed by atoms with E-state index in [1.54, 1.807) is 42.6 Å². The molecule has 2 N–H and O–H groups in total. The minimum atomic E-state index is -0.996. The Hall–Kier alpha value is -4.06. The zero-order valence-electron chi connectivity index (χ0n) is 17.2. The van der Waals surface area contributed by atoms with Gasteiger partial charge in [0.15, 0.2) is 0 Å². The molecule has 2 aromatic carbocycles. The second-order valence-electron chi connectivity index (χ2n) is 7.54. The molecule has 0 saturated heterocycles. The standard InChI is InChI=1S/C25H21N3O3/c1-15(2)16-5-7-17(8-6-16)23-20(4-3-13-26-23)24(29)28-22-12-10-18-14-19(25(30)31)9-11-21(18)27-22/h3-15H,1-2H3,(H,30,31)(H,27,28,29). The largest absolute Gasteiger partial charge is 0.478 e. The Morgan fingerprint density at radius 2 is 1.74 bits per heavy atom. The highest BCUT2D eigenvalue weighted by Gasteiger charge is 2.15. The number of pyridine rings is 2. The van der Waals surface area contributed by atoms with Crippen molar-refractivity contribution >= 4 is 28.6 Å². The number of benzene rings is 2. The number of fused-ring (bicyclic) bond motifs is 1. The van der Waals surface area contributed by atoms with Gasteiger partial charge in [-0.1, -0.05) is 38.1 Å². The molecule has 0 aliphatic heterocycles. The lowest BCUT2D eigenvalue weighted by molar-refractivity contribution is 0.0697. The van der Waals surface area contributed by atoms with Crippen LogP contribution in [0, 0.1) is 0 Å². The number of carbonyl (C=O) groups is 2. The molecular weight excluding hydrogens is 390 g/mol. The van der Waals surface area contributed by atoms with E-state index in [4.69, 9.17) is 5.11 Å². The first-order valence-corrected chi connectivity index (χ1v) is 9.93. The van der Waals surface area contributed by atoms with E-state index in [0.717, 1.165) is 5.56 Å². The Labute approximate surface area is 179 Å². The fraction of sp³-hybridized carbons (Fsp3) is 0.120. The molecule has 1 amide bonds. The van der Waals surface area contributed by atoms with Crippen molar-refractivity contribution < 1.29 is 14.7 Å². The number of aromatic nitrogens is 2. The summed E-state index contributed by atoms with van der Waals surface area (Å²) in [5, 5.41) is 12.6. The predicted molar refractivity (Wildman–Crippen MR) is 120 cm³/mol. The number of carboxylic acids is 1. The Kier molecular flexibility index (Phi) is 5.45. The minimum Gasteiger partial charge on any atom is -0.478 e. The first kappa shape index (κ1) is 20.2. The molecule has 0 atom stereocenters. The van der Waals surface area contributed by atoms with E-state index in [-0.39, 0.29) is 11.5 Å². The van der Waals surface area contributed by atoms with Crippen molar-refractivity contribution in [3.05, 3.63) is 89.6 Å². The molecule has 4 rings (SSSR count). The van der Waals surface area contributed by atoms with Crippen molar-refractivity contribution in [2.75, 3.05) is 5.32 Å². The summed E-state index contributed by atoms with van der Waals surface area (Å²) >= 11 is 0. The quantitative estimate of drug-likeness (QED) is 0.460. The molecule has 0 aliphatic carbocycles. The van der Waals surface area contributed by atoms with Crippen LogP contribution in [0.15, 0.2) is 72.9 Å². The van der Waals surface area contributed by atoms with E-state index in [9.17, 15) is 9.59 Å². The Bertz CT molecular complexity index is 1280. The molecular formula is C25H21N3O3. The van der Waals surface area contributed by atoms with E-state index in [0.29, 0.717) is 33.9 Å². The number of carbonyl (C=O) groups excluding carboxylic acids is 1. The molecule has 0 fully saturated rings. The van der Waals surface area contributed by atoms with Crippen LogP contribution in [0.2, 0.25) is 0 Å². The van der Waals surface area contributed by atoms with Crippen LogP contribution in [0.25, 0.3) is 22.2 Å². The first-order chi connectivity index (χ1) is 14.9.